The van der Waals surface area contributed by atoms with E-state index in [1.54, 1.807) is 0 Å². The average Bonchev–Trinajstić information content (AvgIpc) is 3.20. The predicted octanol–water partition coefficient (Wildman–Crippen LogP) is -0.870. The van der Waals surface area contributed by atoms with Gasteiger partial charge in [0.2, 0.25) is 11.9 Å². The second-order valence-electron chi connectivity index (χ2n) is 4.88. The van der Waals surface area contributed by atoms with Gasteiger partial charge in [0.05, 0.1) is 12.7 Å². The molecule has 0 fully saturated rings. The molecule has 0 aliphatic carbocycles. The van der Waals surface area contributed by atoms with E-state index >= 15 is 0 Å². The van der Waals surface area contributed by atoms with Crippen molar-refractivity contribution in [3.8, 4) is 0 Å². The van der Waals surface area contributed by atoms with Crippen molar-refractivity contribution in [3.63, 3.8) is 0 Å². The molecule has 12 nitrogen and oxygen atoms in total. The van der Waals surface area contributed by atoms with Crippen molar-refractivity contribution < 1.29 is 0 Å². The molecule has 0 bridgehead atoms. The van der Waals surface area contributed by atoms with Crippen LogP contribution in [0.1, 0.15) is 0 Å². The zero-order valence-electron chi connectivity index (χ0n) is 12.2. The van der Waals surface area contributed by atoms with E-state index in [1.807, 2.05) is 0 Å². The second kappa shape index (κ2) is 5.49. The summed E-state index contributed by atoms with van der Waals surface area (Å²) in [4.78, 5) is 50.4. The van der Waals surface area contributed by atoms with Crippen LogP contribution >= 0.6 is 0 Å². The Bertz CT molecular complexity index is 1030. The average molecular weight is 328 g/mol. The van der Waals surface area contributed by atoms with Gasteiger partial charge in [-0.25, -0.2) is 9.97 Å². The normalized spacial score (nSPS) is 11.2. The molecule has 4 aromatic rings. The summed E-state index contributed by atoms with van der Waals surface area (Å²) >= 11 is 0. The molecule has 12 heteroatoms. The lowest BCUT2D eigenvalue weighted by Gasteiger charge is -2.07. The third-order valence-electron chi connectivity index (χ3n) is 3.30. The molecule has 0 atom stereocenters. The van der Waals surface area contributed by atoms with Gasteiger partial charge in [-0.3, -0.25) is 19.6 Å². The fraction of sp³-hybridized carbons (Fsp3) is 0.167. The molecule has 0 saturated heterocycles. The SMILES string of the molecule is O=c1[nH]c(NCCNc2nc3nc[nH]c3c(=O)[nH]2)nc2nc[nH]c12. The molecule has 0 aliphatic rings. The number of hydrogen-bond donors (Lipinski definition) is 6. The number of nitrogens with zero attached hydrogens (tertiary/aromatic N) is 4. The fourth-order valence-corrected chi connectivity index (χ4v) is 2.21. The zero-order valence-corrected chi connectivity index (χ0v) is 12.2. The number of aromatic amines is 4. The van der Waals surface area contributed by atoms with Crippen LogP contribution in [0.2, 0.25) is 0 Å². The number of aromatic nitrogens is 8. The molecule has 122 valence electrons. The van der Waals surface area contributed by atoms with Crippen molar-refractivity contribution in [1.82, 2.24) is 39.9 Å². The van der Waals surface area contributed by atoms with Crippen molar-refractivity contribution in [3.05, 3.63) is 33.4 Å². The highest BCUT2D eigenvalue weighted by Gasteiger charge is 2.06. The van der Waals surface area contributed by atoms with E-state index in [1.165, 1.54) is 12.7 Å². The van der Waals surface area contributed by atoms with E-state index in [0.717, 1.165) is 0 Å². The van der Waals surface area contributed by atoms with E-state index in [9.17, 15) is 9.59 Å². The van der Waals surface area contributed by atoms with Crippen LogP contribution in [-0.2, 0) is 0 Å². The van der Waals surface area contributed by atoms with Crippen LogP contribution in [0.25, 0.3) is 22.3 Å². The molecular formula is C12H12N10O2. The third kappa shape index (κ3) is 2.45. The monoisotopic (exact) mass is 328 g/mol. The topological polar surface area (TPSA) is 173 Å². The molecule has 0 spiro atoms. The Morgan fingerprint density at radius 2 is 1.25 bits per heavy atom. The van der Waals surface area contributed by atoms with Crippen molar-refractivity contribution in [2.75, 3.05) is 23.7 Å². The van der Waals surface area contributed by atoms with E-state index in [-0.39, 0.29) is 11.1 Å². The van der Waals surface area contributed by atoms with Crippen LogP contribution in [0.15, 0.2) is 22.2 Å². The maximum Gasteiger partial charge on any atom is 0.278 e. The highest BCUT2D eigenvalue weighted by Crippen LogP contribution is 2.04. The Kier molecular flexibility index (Phi) is 3.19. The van der Waals surface area contributed by atoms with Gasteiger partial charge in [-0.1, -0.05) is 0 Å². The quantitative estimate of drug-likeness (QED) is 0.256. The first-order valence-corrected chi connectivity index (χ1v) is 7.05. The summed E-state index contributed by atoms with van der Waals surface area (Å²) in [6.45, 7) is 0.863. The number of imidazole rings is 2. The first kappa shape index (κ1) is 13.9. The lowest BCUT2D eigenvalue weighted by Crippen LogP contribution is -2.20. The van der Waals surface area contributed by atoms with Gasteiger partial charge in [0.15, 0.2) is 22.3 Å². The summed E-state index contributed by atoms with van der Waals surface area (Å²) in [6, 6.07) is 0. The molecule has 0 aliphatic heterocycles. The number of H-pyrrole nitrogens is 4. The van der Waals surface area contributed by atoms with Crippen molar-refractivity contribution in [2.45, 2.75) is 0 Å². The van der Waals surface area contributed by atoms with Gasteiger partial charge in [0, 0.05) is 13.1 Å². The summed E-state index contributed by atoms with van der Waals surface area (Å²) < 4.78 is 0. The fourth-order valence-electron chi connectivity index (χ4n) is 2.21. The van der Waals surface area contributed by atoms with Gasteiger partial charge in [-0.05, 0) is 0 Å². The smallest absolute Gasteiger partial charge is 0.278 e. The summed E-state index contributed by atoms with van der Waals surface area (Å²) in [6.07, 6.45) is 2.82. The van der Waals surface area contributed by atoms with Crippen LogP contribution in [-0.4, -0.2) is 53.0 Å². The van der Waals surface area contributed by atoms with Crippen molar-refractivity contribution >= 4 is 34.2 Å². The zero-order chi connectivity index (χ0) is 16.5. The molecule has 0 unspecified atom stereocenters. The third-order valence-corrected chi connectivity index (χ3v) is 3.30. The van der Waals surface area contributed by atoms with Gasteiger partial charge in [0.25, 0.3) is 11.1 Å². The molecule has 0 radical (unpaired) electrons. The van der Waals surface area contributed by atoms with E-state index in [0.29, 0.717) is 47.3 Å². The Balaban J connectivity index is 1.41. The molecule has 24 heavy (non-hydrogen) atoms. The molecule has 4 rings (SSSR count). The van der Waals surface area contributed by atoms with Crippen LogP contribution in [0.5, 0.6) is 0 Å². The van der Waals surface area contributed by atoms with Gasteiger partial charge < -0.3 is 20.6 Å². The molecule has 4 aromatic heterocycles. The number of hydrogen-bond acceptors (Lipinski definition) is 8. The molecule has 0 saturated carbocycles. The molecular weight excluding hydrogens is 316 g/mol. The number of rotatable bonds is 5. The summed E-state index contributed by atoms with van der Waals surface area (Å²) in [5, 5.41) is 5.92. The van der Waals surface area contributed by atoms with Gasteiger partial charge in [0.1, 0.15) is 0 Å². The maximum atomic E-state index is 11.8. The van der Waals surface area contributed by atoms with Crippen LogP contribution in [0.4, 0.5) is 11.9 Å². The van der Waals surface area contributed by atoms with E-state index in [4.69, 9.17) is 0 Å². The summed E-state index contributed by atoms with van der Waals surface area (Å²) in [7, 11) is 0. The van der Waals surface area contributed by atoms with Crippen LogP contribution in [0, 0.1) is 0 Å². The predicted molar refractivity (Wildman–Crippen MR) is 86.0 cm³/mol. The lowest BCUT2D eigenvalue weighted by molar-refractivity contribution is 0.996. The first-order chi connectivity index (χ1) is 11.7. The van der Waals surface area contributed by atoms with Gasteiger partial charge in [-0.15, -0.1) is 0 Å². The Labute approximate surface area is 132 Å². The molecule has 0 amide bonds. The van der Waals surface area contributed by atoms with Gasteiger partial charge >= 0.3 is 0 Å². The Morgan fingerprint density at radius 3 is 1.71 bits per heavy atom. The maximum absolute atomic E-state index is 11.8. The Hall–Kier alpha value is -3.70. The molecule has 4 heterocycles. The highest BCUT2D eigenvalue weighted by molar-refractivity contribution is 5.70. The van der Waals surface area contributed by atoms with E-state index < -0.39 is 0 Å². The van der Waals surface area contributed by atoms with Crippen LogP contribution < -0.4 is 21.8 Å². The minimum absolute atomic E-state index is 0.303. The van der Waals surface area contributed by atoms with E-state index in [2.05, 4.69) is 50.5 Å². The van der Waals surface area contributed by atoms with Crippen molar-refractivity contribution in [2.24, 2.45) is 0 Å². The minimum atomic E-state index is -0.303. The molecule has 0 aromatic carbocycles. The first-order valence-electron chi connectivity index (χ1n) is 7.05. The van der Waals surface area contributed by atoms with Crippen molar-refractivity contribution in [1.29, 1.82) is 0 Å². The lowest BCUT2D eigenvalue weighted by atomic mass is 10.5. The number of anilines is 2. The van der Waals surface area contributed by atoms with Gasteiger partial charge in [-0.2, -0.15) is 9.97 Å². The highest BCUT2D eigenvalue weighted by atomic mass is 16.1. The summed E-state index contributed by atoms with van der Waals surface area (Å²) in [5.41, 5.74) is 0.722. The largest absolute Gasteiger partial charge is 0.354 e. The van der Waals surface area contributed by atoms with Crippen LogP contribution in [0.3, 0.4) is 0 Å². The Morgan fingerprint density at radius 1 is 0.792 bits per heavy atom. The second-order valence-corrected chi connectivity index (χ2v) is 4.88. The number of nitrogens with one attached hydrogen (secondary N) is 6. The standard InChI is InChI=1S/C12H12N10O2/c23-9-5-7(17-3-15-5)19-11(21-9)13-1-2-14-12-20-8-6(10(24)22-12)16-4-18-8/h3-4H,1-2H2,(H3,13,15,17,19,21,23)(H3,14,16,18,20,22,24). The number of fused-ring (bicyclic) bond motifs is 2. The summed E-state index contributed by atoms with van der Waals surface area (Å²) in [5.74, 6) is 0.621. The minimum Gasteiger partial charge on any atom is -0.354 e. The molecule has 6 N–H and O–H groups in total.